The Morgan fingerprint density at radius 2 is 1.70 bits per heavy atom. The van der Waals surface area contributed by atoms with Crippen LogP contribution in [0.1, 0.15) is 25.0 Å². The van der Waals surface area contributed by atoms with E-state index in [4.69, 9.17) is 9.47 Å². The Balaban J connectivity index is 2.18. The third-order valence-electron chi connectivity index (χ3n) is 3.19. The third-order valence-corrected chi connectivity index (χ3v) is 4.43. The normalized spacial score (nSPS) is 11.9. The summed E-state index contributed by atoms with van der Waals surface area (Å²) in [6.07, 6.45) is -3.28. The molecule has 1 heterocycles. The first kappa shape index (κ1) is 20.7. The summed E-state index contributed by atoms with van der Waals surface area (Å²) in [6, 6.07) is 3.92. The molecule has 7 nitrogen and oxygen atoms in total. The average molecular weight is 405 g/mol. The van der Waals surface area contributed by atoms with E-state index in [1.54, 1.807) is 13.8 Å². The molecule has 0 radical (unpaired) electrons. The number of halogens is 3. The van der Waals surface area contributed by atoms with Crippen molar-refractivity contribution >= 4 is 15.7 Å². The van der Waals surface area contributed by atoms with Crippen LogP contribution in [0.25, 0.3) is 0 Å². The van der Waals surface area contributed by atoms with Crippen LogP contribution in [0.3, 0.4) is 0 Å². The number of aromatic nitrogens is 2. The van der Waals surface area contributed by atoms with Crippen molar-refractivity contribution in [2.24, 2.45) is 0 Å². The van der Waals surface area contributed by atoms with E-state index >= 15 is 0 Å². The van der Waals surface area contributed by atoms with Crippen molar-refractivity contribution in [2.75, 3.05) is 17.9 Å². The molecule has 0 aliphatic rings. The maximum Gasteiger partial charge on any atom is 0.416 e. The number of nitrogens with one attached hydrogen (secondary N) is 1. The van der Waals surface area contributed by atoms with Crippen molar-refractivity contribution in [3.8, 4) is 11.9 Å². The second-order valence-corrected chi connectivity index (χ2v) is 7.02. The zero-order valence-corrected chi connectivity index (χ0v) is 15.4. The highest BCUT2D eigenvalue weighted by atomic mass is 32.2. The Labute approximate surface area is 154 Å². The van der Waals surface area contributed by atoms with Gasteiger partial charge >= 0.3 is 12.2 Å². The summed E-state index contributed by atoms with van der Waals surface area (Å²) >= 11 is 0. The molecule has 1 aromatic carbocycles. The molecule has 11 heteroatoms. The molecule has 0 fully saturated rings. The van der Waals surface area contributed by atoms with Crippen molar-refractivity contribution in [2.45, 2.75) is 25.8 Å². The summed E-state index contributed by atoms with van der Waals surface area (Å²) in [6.45, 7) is 3.99. The highest BCUT2D eigenvalue weighted by molar-refractivity contribution is 7.91. The molecule has 0 saturated carbocycles. The first-order valence-electron chi connectivity index (χ1n) is 7.94. The molecule has 0 bridgehead atoms. The molecule has 2 rings (SSSR count). The number of hydrogen-bond acceptors (Lipinski definition) is 6. The molecule has 0 atom stereocenters. The highest BCUT2D eigenvalue weighted by Gasteiger charge is 2.30. The Morgan fingerprint density at radius 1 is 1.07 bits per heavy atom. The van der Waals surface area contributed by atoms with Crippen LogP contribution in [-0.4, -0.2) is 31.6 Å². The van der Waals surface area contributed by atoms with Crippen molar-refractivity contribution in [3.05, 3.63) is 41.6 Å². The quantitative estimate of drug-likeness (QED) is 0.725. The van der Waals surface area contributed by atoms with E-state index in [1.807, 2.05) is 0 Å². The largest absolute Gasteiger partial charge is 0.476 e. The summed E-state index contributed by atoms with van der Waals surface area (Å²) < 4.78 is 75.1. The van der Waals surface area contributed by atoms with E-state index < -0.39 is 27.5 Å². The Morgan fingerprint density at radius 3 is 2.26 bits per heavy atom. The smallest absolute Gasteiger partial charge is 0.416 e. The van der Waals surface area contributed by atoms with Crippen molar-refractivity contribution < 1.29 is 31.1 Å². The first-order chi connectivity index (χ1) is 12.6. The molecule has 0 aliphatic heterocycles. The molecular formula is C16H18F3N3O4S. The molecule has 1 N–H and O–H groups in total. The second-order valence-electron chi connectivity index (χ2n) is 5.29. The van der Waals surface area contributed by atoms with Gasteiger partial charge in [-0.25, -0.2) is 13.4 Å². The van der Waals surface area contributed by atoms with Gasteiger partial charge in [0.2, 0.25) is 15.9 Å². The van der Waals surface area contributed by atoms with Crippen molar-refractivity contribution in [1.82, 2.24) is 9.97 Å². The third kappa shape index (κ3) is 5.98. The van der Waals surface area contributed by atoms with Gasteiger partial charge in [0.05, 0.1) is 30.7 Å². The number of alkyl halides is 3. The molecule has 0 amide bonds. The molecule has 27 heavy (non-hydrogen) atoms. The highest BCUT2D eigenvalue weighted by Crippen LogP contribution is 2.29. The lowest BCUT2D eigenvalue weighted by Gasteiger charge is -2.13. The molecule has 2 aromatic rings. The minimum Gasteiger partial charge on any atom is -0.476 e. The van der Waals surface area contributed by atoms with Gasteiger partial charge in [-0.3, -0.25) is 4.72 Å². The van der Waals surface area contributed by atoms with Gasteiger partial charge in [0.25, 0.3) is 0 Å². The number of nitrogens with zero attached hydrogens (tertiary/aromatic N) is 2. The SMILES string of the molecule is CCOc1ncc(NS(=O)(=O)Cc2ccc(C(F)(F)F)cc2)c(OCC)n1. The van der Waals surface area contributed by atoms with Crippen LogP contribution in [0.2, 0.25) is 0 Å². The lowest BCUT2D eigenvalue weighted by Crippen LogP contribution is -2.17. The van der Waals surface area contributed by atoms with Gasteiger partial charge in [-0.1, -0.05) is 12.1 Å². The number of hydrogen-bond donors (Lipinski definition) is 1. The maximum absolute atomic E-state index is 12.6. The molecule has 1 aromatic heterocycles. The van der Waals surface area contributed by atoms with E-state index in [-0.39, 0.29) is 29.7 Å². The number of sulfonamides is 1. The predicted octanol–water partition coefficient (Wildman–Crippen LogP) is 3.23. The number of rotatable bonds is 8. The average Bonchev–Trinajstić information content (AvgIpc) is 2.57. The summed E-state index contributed by atoms with van der Waals surface area (Å²) in [5.74, 6) is -0.531. The van der Waals surface area contributed by atoms with Gasteiger partial charge in [0.15, 0.2) is 0 Å². The van der Waals surface area contributed by atoms with Gasteiger partial charge in [-0.05, 0) is 31.5 Å². The fraction of sp³-hybridized carbons (Fsp3) is 0.375. The number of benzene rings is 1. The summed E-state index contributed by atoms with van der Waals surface area (Å²) in [5.41, 5.74) is -0.650. The minimum absolute atomic E-state index is 0.00668. The van der Waals surface area contributed by atoms with Gasteiger partial charge < -0.3 is 9.47 Å². The maximum atomic E-state index is 12.6. The fourth-order valence-corrected chi connectivity index (χ4v) is 3.26. The van der Waals surface area contributed by atoms with Crippen LogP contribution in [0, 0.1) is 0 Å². The van der Waals surface area contributed by atoms with E-state index in [9.17, 15) is 21.6 Å². The zero-order valence-electron chi connectivity index (χ0n) is 14.6. The van der Waals surface area contributed by atoms with Crippen LogP contribution in [0.4, 0.5) is 18.9 Å². The van der Waals surface area contributed by atoms with Crippen LogP contribution < -0.4 is 14.2 Å². The Kier molecular flexibility index (Phi) is 6.47. The van der Waals surface area contributed by atoms with Crippen LogP contribution >= 0.6 is 0 Å². The summed E-state index contributed by atoms with van der Waals surface area (Å²) in [7, 11) is -3.93. The summed E-state index contributed by atoms with van der Waals surface area (Å²) in [5, 5.41) is 0. The van der Waals surface area contributed by atoms with Crippen LogP contribution in [0.5, 0.6) is 11.9 Å². The zero-order chi connectivity index (χ0) is 20.1. The Bertz CT molecular complexity index is 871. The monoisotopic (exact) mass is 405 g/mol. The second kappa shape index (κ2) is 8.42. The van der Waals surface area contributed by atoms with Gasteiger partial charge in [0, 0.05) is 0 Å². The lowest BCUT2D eigenvalue weighted by molar-refractivity contribution is -0.137. The topological polar surface area (TPSA) is 90.4 Å². The predicted molar refractivity (Wildman–Crippen MR) is 92.1 cm³/mol. The van der Waals surface area contributed by atoms with E-state index in [1.165, 1.54) is 6.20 Å². The molecule has 0 saturated heterocycles. The molecule has 0 spiro atoms. The Hall–Kier alpha value is -2.56. The van der Waals surface area contributed by atoms with Gasteiger partial charge in [-0.2, -0.15) is 18.2 Å². The molecule has 148 valence electrons. The van der Waals surface area contributed by atoms with E-state index in [0.717, 1.165) is 24.3 Å². The lowest BCUT2D eigenvalue weighted by atomic mass is 10.1. The van der Waals surface area contributed by atoms with Crippen molar-refractivity contribution in [1.29, 1.82) is 0 Å². The van der Waals surface area contributed by atoms with Crippen molar-refractivity contribution in [3.63, 3.8) is 0 Å². The summed E-state index contributed by atoms with van der Waals surface area (Å²) in [4.78, 5) is 7.85. The first-order valence-corrected chi connectivity index (χ1v) is 9.59. The van der Waals surface area contributed by atoms with Crippen LogP contribution in [-0.2, 0) is 22.0 Å². The van der Waals surface area contributed by atoms with Gasteiger partial charge in [-0.15, -0.1) is 0 Å². The number of anilines is 1. The standard InChI is InChI=1S/C16H18F3N3O4S/c1-3-25-14-13(9-20-15(21-14)26-4-2)22-27(23,24)10-11-5-7-12(8-6-11)16(17,18)19/h5-9,22H,3-4,10H2,1-2H3. The van der Waals surface area contributed by atoms with E-state index in [2.05, 4.69) is 14.7 Å². The molecule has 0 unspecified atom stereocenters. The fourth-order valence-electron chi connectivity index (χ4n) is 2.08. The molecule has 0 aliphatic carbocycles. The van der Waals surface area contributed by atoms with Gasteiger partial charge in [0.1, 0.15) is 5.69 Å². The minimum atomic E-state index is -4.48. The van der Waals surface area contributed by atoms with Crippen LogP contribution in [0.15, 0.2) is 30.5 Å². The van der Waals surface area contributed by atoms with E-state index in [0.29, 0.717) is 6.61 Å². The number of ether oxygens (including phenoxy) is 2. The molecular weight excluding hydrogens is 387 g/mol.